The van der Waals surface area contributed by atoms with Gasteiger partial charge in [-0.2, -0.15) is 0 Å². The number of alkyl halides is 1. The van der Waals surface area contributed by atoms with E-state index in [0.29, 0.717) is 6.04 Å². The van der Waals surface area contributed by atoms with E-state index in [1.54, 1.807) is 0 Å². The molecule has 3 heteroatoms. The highest BCUT2D eigenvalue weighted by molar-refractivity contribution is 6.20. The number of halogens is 1. The van der Waals surface area contributed by atoms with E-state index < -0.39 is 5.72 Å². The Morgan fingerprint density at radius 3 is 2.56 bits per heavy atom. The molecule has 0 radical (unpaired) electrons. The summed E-state index contributed by atoms with van der Waals surface area (Å²) in [5, 5.41) is 0. The van der Waals surface area contributed by atoms with Crippen LogP contribution in [0.3, 0.4) is 0 Å². The number of ether oxygens (including phenoxy) is 1. The number of hydrogen-bond donors (Lipinski definition) is 0. The molecule has 1 aliphatic heterocycles. The maximum Gasteiger partial charge on any atom is 0.147 e. The zero-order valence-corrected chi connectivity index (χ0v) is 10.7. The lowest BCUT2D eigenvalue weighted by molar-refractivity contribution is -0.0918. The Balaban J connectivity index is 2.36. The van der Waals surface area contributed by atoms with Crippen molar-refractivity contribution in [2.45, 2.75) is 38.1 Å². The lowest BCUT2D eigenvalue weighted by atomic mass is 10.0. The molecular weight excluding hydrogens is 222 g/mol. The summed E-state index contributed by atoms with van der Waals surface area (Å²) in [6, 6.07) is 10.7. The van der Waals surface area contributed by atoms with Gasteiger partial charge in [-0.15, -0.1) is 0 Å². The zero-order chi connectivity index (χ0) is 11.8. The fourth-order valence-electron chi connectivity index (χ4n) is 2.37. The van der Waals surface area contributed by atoms with Crippen molar-refractivity contribution in [3.8, 4) is 0 Å². The molecule has 1 heterocycles. The molecule has 0 spiro atoms. The maximum atomic E-state index is 6.12. The van der Waals surface area contributed by atoms with Gasteiger partial charge in [0.15, 0.2) is 0 Å². The van der Waals surface area contributed by atoms with E-state index in [0.717, 1.165) is 12.1 Å². The van der Waals surface area contributed by atoms with Crippen LogP contribution in [0.15, 0.2) is 30.3 Å². The minimum atomic E-state index is -0.401. The van der Waals surface area contributed by atoms with Gasteiger partial charge >= 0.3 is 0 Å². The molecule has 2 atom stereocenters. The van der Waals surface area contributed by atoms with Crippen molar-refractivity contribution in [2.75, 3.05) is 6.54 Å². The highest BCUT2D eigenvalue weighted by atomic mass is 35.5. The summed E-state index contributed by atoms with van der Waals surface area (Å²) in [6.45, 7) is 7.19. The maximum absolute atomic E-state index is 6.12. The SMILES string of the molecule is CC(C)N1CC(Cl)OC1(C)c1ccccc1. The molecule has 1 aliphatic rings. The van der Waals surface area contributed by atoms with Gasteiger partial charge in [0.25, 0.3) is 0 Å². The summed E-state index contributed by atoms with van der Waals surface area (Å²) >= 11 is 6.12. The van der Waals surface area contributed by atoms with E-state index in [1.807, 2.05) is 18.2 Å². The molecule has 0 amide bonds. The van der Waals surface area contributed by atoms with Crippen LogP contribution in [0.1, 0.15) is 26.3 Å². The van der Waals surface area contributed by atoms with Crippen molar-refractivity contribution < 1.29 is 4.74 Å². The third kappa shape index (κ3) is 1.97. The molecule has 0 saturated carbocycles. The molecule has 1 aromatic carbocycles. The zero-order valence-electron chi connectivity index (χ0n) is 9.98. The molecule has 88 valence electrons. The Bertz CT molecular complexity index is 354. The summed E-state index contributed by atoms with van der Waals surface area (Å²) < 4.78 is 5.90. The van der Waals surface area contributed by atoms with Crippen LogP contribution in [-0.2, 0) is 10.5 Å². The van der Waals surface area contributed by atoms with Gasteiger partial charge in [-0.05, 0) is 26.3 Å². The first kappa shape index (κ1) is 11.9. The van der Waals surface area contributed by atoms with Crippen molar-refractivity contribution >= 4 is 11.6 Å². The average Bonchev–Trinajstić information content (AvgIpc) is 2.57. The van der Waals surface area contributed by atoms with Gasteiger partial charge < -0.3 is 4.74 Å². The molecule has 1 saturated heterocycles. The highest BCUT2D eigenvalue weighted by Gasteiger charge is 2.44. The van der Waals surface area contributed by atoms with Crippen LogP contribution in [0.5, 0.6) is 0 Å². The third-order valence-corrected chi connectivity index (χ3v) is 3.41. The molecule has 0 aromatic heterocycles. The first-order chi connectivity index (χ1) is 7.54. The van der Waals surface area contributed by atoms with Crippen LogP contribution in [0.2, 0.25) is 0 Å². The molecule has 2 unspecified atom stereocenters. The number of nitrogens with zero attached hydrogens (tertiary/aromatic N) is 1. The Labute approximate surface area is 102 Å². The van der Waals surface area contributed by atoms with Crippen molar-refractivity contribution in [2.24, 2.45) is 0 Å². The van der Waals surface area contributed by atoms with E-state index in [1.165, 1.54) is 0 Å². The van der Waals surface area contributed by atoms with E-state index in [4.69, 9.17) is 16.3 Å². The summed E-state index contributed by atoms with van der Waals surface area (Å²) in [7, 11) is 0. The fraction of sp³-hybridized carbons (Fsp3) is 0.538. The molecule has 0 N–H and O–H groups in total. The molecule has 2 rings (SSSR count). The van der Waals surface area contributed by atoms with Crippen LogP contribution >= 0.6 is 11.6 Å². The van der Waals surface area contributed by atoms with Gasteiger partial charge in [-0.1, -0.05) is 41.9 Å². The molecule has 1 fully saturated rings. The fourth-order valence-corrected chi connectivity index (χ4v) is 2.69. The second-order valence-corrected chi connectivity index (χ2v) is 5.11. The van der Waals surface area contributed by atoms with E-state index >= 15 is 0 Å². The van der Waals surface area contributed by atoms with Crippen LogP contribution in [0.25, 0.3) is 0 Å². The standard InChI is InChI=1S/C13H18ClNO/c1-10(2)15-9-12(14)16-13(15,3)11-7-5-4-6-8-11/h4-8,10,12H,9H2,1-3H3. The first-order valence-electron chi connectivity index (χ1n) is 5.68. The van der Waals surface area contributed by atoms with Crippen LogP contribution in [-0.4, -0.2) is 23.0 Å². The largest absolute Gasteiger partial charge is 0.336 e. The van der Waals surface area contributed by atoms with Crippen molar-refractivity contribution in [3.05, 3.63) is 35.9 Å². The van der Waals surface area contributed by atoms with Crippen molar-refractivity contribution in [1.82, 2.24) is 4.90 Å². The predicted molar refractivity (Wildman–Crippen MR) is 66.4 cm³/mol. The van der Waals surface area contributed by atoms with Gasteiger partial charge in [0.1, 0.15) is 11.3 Å². The minimum absolute atomic E-state index is 0.229. The molecule has 1 aromatic rings. The topological polar surface area (TPSA) is 12.5 Å². The van der Waals surface area contributed by atoms with Gasteiger partial charge in [0, 0.05) is 12.6 Å². The van der Waals surface area contributed by atoms with Gasteiger partial charge in [-0.25, -0.2) is 0 Å². The molecule has 2 nitrogen and oxygen atoms in total. The number of rotatable bonds is 2. The second-order valence-electron chi connectivity index (χ2n) is 4.62. The Morgan fingerprint density at radius 2 is 2.00 bits per heavy atom. The molecule has 16 heavy (non-hydrogen) atoms. The molecular formula is C13H18ClNO. The predicted octanol–water partition coefficient (Wildman–Crippen LogP) is 3.16. The Morgan fingerprint density at radius 1 is 1.38 bits per heavy atom. The van der Waals surface area contributed by atoms with E-state index in [2.05, 4.69) is 37.8 Å². The summed E-state index contributed by atoms with van der Waals surface area (Å²) in [4.78, 5) is 2.29. The lowest BCUT2D eigenvalue weighted by Gasteiger charge is -2.36. The van der Waals surface area contributed by atoms with Crippen LogP contribution in [0.4, 0.5) is 0 Å². The lowest BCUT2D eigenvalue weighted by Crippen LogP contribution is -2.43. The quantitative estimate of drug-likeness (QED) is 0.736. The normalized spacial score (nSPS) is 31.2. The number of hydrogen-bond acceptors (Lipinski definition) is 2. The molecule has 0 aliphatic carbocycles. The van der Waals surface area contributed by atoms with E-state index in [9.17, 15) is 0 Å². The average molecular weight is 240 g/mol. The summed E-state index contributed by atoms with van der Waals surface area (Å²) in [5.41, 5.74) is 0.529. The molecule has 0 bridgehead atoms. The Hall–Kier alpha value is -0.570. The van der Waals surface area contributed by atoms with Crippen molar-refractivity contribution in [1.29, 1.82) is 0 Å². The monoisotopic (exact) mass is 239 g/mol. The first-order valence-corrected chi connectivity index (χ1v) is 6.12. The minimum Gasteiger partial charge on any atom is -0.336 e. The van der Waals surface area contributed by atoms with E-state index in [-0.39, 0.29) is 5.56 Å². The number of benzene rings is 1. The van der Waals surface area contributed by atoms with Crippen LogP contribution < -0.4 is 0 Å². The van der Waals surface area contributed by atoms with Gasteiger partial charge in [0.2, 0.25) is 0 Å². The Kier molecular flexibility index (Phi) is 3.24. The van der Waals surface area contributed by atoms with Crippen LogP contribution in [0, 0.1) is 0 Å². The smallest absolute Gasteiger partial charge is 0.147 e. The van der Waals surface area contributed by atoms with Gasteiger partial charge in [0.05, 0.1) is 0 Å². The highest BCUT2D eigenvalue weighted by Crippen LogP contribution is 2.38. The van der Waals surface area contributed by atoms with Crippen molar-refractivity contribution in [3.63, 3.8) is 0 Å². The third-order valence-electron chi connectivity index (χ3n) is 3.18. The summed E-state index contributed by atoms with van der Waals surface area (Å²) in [5.74, 6) is 0. The van der Waals surface area contributed by atoms with Gasteiger partial charge in [-0.3, -0.25) is 4.90 Å². The second kappa shape index (κ2) is 4.36. The summed E-state index contributed by atoms with van der Waals surface area (Å²) in [6.07, 6.45) is 0.